The predicted molar refractivity (Wildman–Crippen MR) is 79.3 cm³/mol. The number of allylic oxidation sites excluding steroid dienone is 1. The highest BCUT2D eigenvalue weighted by Gasteiger charge is 2.15. The molecule has 3 N–H and O–H groups in total. The Morgan fingerprint density at radius 3 is 3.05 bits per heavy atom. The van der Waals surface area contributed by atoms with Crippen molar-refractivity contribution in [2.75, 3.05) is 5.32 Å². The van der Waals surface area contributed by atoms with Crippen LogP contribution < -0.4 is 5.32 Å². The Bertz CT molecular complexity index is 699. The van der Waals surface area contributed by atoms with E-state index in [-0.39, 0.29) is 11.9 Å². The molecule has 0 amide bonds. The highest BCUT2D eigenvalue weighted by Crippen LogP contribution is 2.31. The van der Waals surface area contributed by atoms with Gasteiger partial charge in [0.25, 0.3) is 0 Å². The van der Waals surface area contributed by atoms with Gasteiger partial charge < -0.3 is 15.4 Å². The van der Waals surface area contributed by atoms with Crippen molar-refractivity contribution < 1.29 is 5.11 Å². The molecule has 3 heterocycles. The minimum absolute atomic E-state index is 0.0357. The normalized spacial score (nSPS) is 15.1. The maximum absolute atomic E-state index is 9.87. The maximum Gasteiger partial charge on any atom is 0.238 e. The number of nitrogens with one attached hydrogen (secondary N) is 2. The molecular weight excluding hydrogens is 254 g/mol. The van der Waals surface area contributed by atoms with Crippen molar-refractivity contribution in [3.8, 4) is 5.88 Å². The molecule has 2 aromatic rings. The standard InChI is InChI=1S/C14H15N5O/c1-8(2)17-14-18-11(13(20)19-14)6-9-7-16-12-10(9)4-3-5-15-12/h3-8,20H,1-2H3,(H2,17,18,19). The molecule has 1 aliphatic heterocycles. The SMILES string of the molecule is CC(C)Nc1nc(O)c(C=C2C=Nc3ncccc32)[nH]1. The van der Waals surface area contributed by atoms with Gasteiger partial charge in [-0.25, -0.2) is 9.98 Å². The number of nitrogens with zero attached hydrogens (tertiary/aromatic N) is 3. The molecule has 2 aromatic heterocycles. The Morgan fingerprint density at radius 1 is 1.40 bits per heavy atom. The van der Waals surface area contributed by atoms with Crippen LogP contribution in [0.3, 0.4) is 0 Å². The molecule has 0 spiro atoms. The van der Waals surface area contributed by atoms with Crippen molar-refractivity contribution in [2.24, 2.45) is 4.99 Å². The first-order valence-electron chi connectivity index (χ1n) is 6.40. The number of anilines is 1. The number of aromatic nitrogens is 3. The first-order chi connectivity index (χ1) is 9.63. The molecule has 102 valence electrons. The smallest absolute Gasteiger partial charge is 0.238 e. The number of aromatic hydroxyl groups is 1. The van der Waals surface area contributed by atoms with Crippen molar-refractivity contribution in [1.82, 2.24) is 15.0 Å². The minimum Gasteiger partial charge on any atom is -0.492 e. The van der Waals surface area contributed by atoms with E-state index in [1.54, 1.807) is 12.4 Å². The highest BCUT2D eigenvalue weighted by atomic mass is 16.3. The van der Waals surface area contributed by atoms with Crippen molar-refractivity contribution in [3.63, 3.8) is 0 Å². The average Bonchev–Trinajstić information content (AvgIpc) is 2.95. The lowest BCUT2D eigenvalue weighted by Gasteiger charge is -2.04. The van der Waals surface area contributed by atoms with E-state index in [4.69, 9.17) is 0 Å². The van der Waals surface area contributed by atoms with Gasteiger partial charge in [0.2, 0.25) is 11.8 Å². The fourth-order valence-corrected chi connectivity index (χ4v) is 2.02. The van der Waals surface area contributed by atoms with Crippen LogP contribution in [0.25, 0.3) is 11.6 Å². The van der Waals surface area contributed by atoms with Crippen LogP contribution in [0, 0.1) is 0 Å². The highest BCUT2D eigenvalue weighted by molar-refractivity contribution is 6.20. The molecule has 0 aromatic carbocycles. The molecule has 6 heteroatoms. The number of hydrogen-bond donors (Lipinski definition) is 3. The summed E-state index contributed by atoms with van der Waals surface area (Å²) in [6.07, 6.45) is 5.25. The first-order valence-corrected chi connectivity index (χ1v) is 6.40. The quantitative estimate of drug-likeness (QED) is 0.799. The summed E-state index contributed by atoms with van der Waals surface area (Å²) in [6.45, 7) is 4.01. The zero-order valence-corrected chi connectivity index (χ0v) is 11.3. The molecule has 0 fully saturated rings. The summed E-state index contributed by atoms with van der Waals surface area (Å²) in [5, 5.41) is 13.0. The maximum atomic E-state index is 9.87. The van der Waals surface area contributed by atoms with Gasteiger partial charge in [-0.05, 0) is 32.1 Å². The second-order valence-electron chi connectivity index (χ2n) is 4.85. The number of H-pyrrole nitrogens is 1. The van der Waals surface area contributed by atoms with Crippen LogP contribution in [0.15, 0.2) is 23.3 Å². The summed E-state index contributed by atoms with van der Waals surface area (Å²) in [4.78, 5) is 15.5. The molecule has 3 rings (SSSR count). The number of fused-ring (bicyclic) bond motifs is 1. The zero-order valence-electron chi connectivity index (χ0n) is 11.3. The number of aliphatic imine (C=N–C) groups is 1. The van der Waals surface area contributed by atoms with Crippen LogP contribution in [0.2, 0.25) is 0 Å². The van der Waals surface area contributed by atoms with Crippen LogP contribution in [-0.4, -0.2) is 32.3 Å². The zero-order chi connectivity index (χ0) is 14.1. The van der Waals surface area contributed by atoms with E-state index >= 15 is 0 Å². The van der Waals surface area contributed by atoms with Gasteiger partial charge >= 0.3 is 0 Å². The Kier molecular flexibility index (Phi) is 2.98. The lowest BCUT2D eigenvalue weighted by molar-refractivity contribution is 0.455. The third-order valence-electron chi connectivity index (χ3n) is 2.86. The van der Waals surface area contributed by atoms with Gasteiger partial charge in [0.05, 0.1) is 0 Å². The Labute approximate surface area is 116 Å². The Balaban J connectivity index is 1.94. The van der Waals surface area contributed by atoms with Gasteiger partial charge in [-0.3, -0.25) is 0 Å². The molecule has 0 aliphatic carbocycles. The number of imidazole rings is 1. The number of pyridine rings is 1. The Hall–Kier alpha value is -2.63. The van der Waals surface area contributed by atoms with E-state index in [0.717, 1.165) is 11.1 Å². The molecule has 0 saturated heterocycles. The molecule has 1 aliphatic rings. The van der Waals surface area contributed by atoms with Gasteiger partial charge in [-0.15, -0.1) is 0 Å². The summed E-state index contributed by atoms with van der Waals surface area (Å²) in [6, 6.07) is 4.04. The molecule has 0 bridgehead atoms. The van der Waals surface area contributed by atoms with Crippen molar-refractivity contribution in [2.45, 2.75) is 19.9 Å². The largest absolute Gasteiger partial charge is 0.492 e. The molecule has 0 unspecified atom stereocenters. The van der Waals surface area contributed by atoms with Gasteiger partial charge in [0, 0.05) is 29.6 Å². The van der Waals surface area contributed by atoms with E-state index in [0.29, 0.717) is 17.5 Å². The van der Waals surface area contributed by atoms with E-state index < -0.39 is 0 Å². The topological polar surface area (TPSA) is 86.2 Å². The fraction of sp³-hybridized carbons (Fsp3) is 0.214. The van der Waals surface area contributed by atoms with Gasteiger partial charge in [0.15, 0.2) is 5.82 Å². The van der Waals surface area contributed by atoms with Crippen molar-refractivity contribution in [1.29, 1.82) is 0 Å². The van der Waals surface area contributed by atoms with E-state index in [2.05, 4.69) is 25.3 Å². The van der Waals surface area contributed by atoms with Crippen LogP contribution in [0.5, 0.6) is 5.88 Å². The van der Waals surface area contributed by atoms with Crippen molar-refractivity contribution in [3.05, 3.63) is 29.6 Å². The molecule has 0 atom stereocenters. The lowest BCUT2D eigenvalue weighted by atomic mass is 10.1. The van der Waals surface area contributed by atoms with Crippen LogP contribution in [0.1, 0.15) is 25.1 Å². The lowest BCUT2D eigenvalue weighted by Crippen LogP contribution is -2.10. The third-order valence-corrected chi connectivity index (χ3v) is 2.86. The molecule has 0 radical (unpaired) electrons. The van der Waals surface area contributed by atoms with Crippen LogP contribution >= 0.6 is 0 Å². The molecule has 20 heavy (non-hydrogen) atoms. The Morgan fingerprint density at radius 2 is 2.25 bits per heavy atom. The van der Waals surface area contributed by atoms with E-state index in [1.807, 2.05) is 32.1 Å². The van der Waals surface area contributed by atoms with Gasteiger partial charge in [-0.2, -0.15) is 4.98 Å². The van der Waals surface area contributed by atoms with Crippen LogP contribution in [-0.2, 0) is 0 Å². The van der Waals surface area contributed by atoms with Gasteiger partial charge in [0.1, 0.15) is 5.69 Å². The first kappa shape index (κ1) is 12.4. The summed E-state index contributed by atoms with van der Waals surface area (Å²) >= 11 is 0. The third kappa shape index (κ3) is 2.27. The van der Waals surface area contributed by atoms with Gasteiger partial charge in [-0.1, -0.05) is 0 Å². The minimum atomic E-state index is -0.0357. The number of rotatable bonds is 3. The summed E-state index contributed by atoms with van der Waals surface area (Å²) in [5.41, 5.74) is 2.38. The predicted octanol–water partition coefficient (Wildman–Crippen LogP) is 2.59. The molecule has 6 nitrogen and oxygen atoms in total. The number of hydrogen-bond acceptors (Lipinski definition) is 5. The summed E-state index contributed by atoms with van der Waals surface area (Å²) in [5.74, 6) is 1.20. The summed E-state index contributed by atoms with van der Waals surface area (Å²) in [7, 11) is 0. The fourth-order valence-electron chi connectivity index (χ4n) is 2.02. The second-order valence-corrected chi connectivity index (χ2v) is 4.85. The number of aromatic amines is 1. The van der Waals surface area contributed by atoms with Crippen LogP contribution in [0.4, 0.5) is 11.8 Å². The monoisotopic (exact) mass is 269 g/mol. The van der Waals surface area contributed by atoms with Crippen molar-refractivity contribution >= 4 is 29.6 Å². The molecular formula is C14H15N5O. The molecule has 0 saturated carbocycles. The average molecular weight is 269 g/mol. The van der Waals surface area contributed by atoms with E-state index in [9.17, 15) is 5.11 Å². The second kappa shape index (κ2) is 4.80. The summed E-state index contributed by atoms with van der Waals surface area (Å²) < 4.78 is 0. The van der Waals surface area contributed by atoms with E-state index in [1.165, 1.54) is 0 Å².